The van der Waals surface area contributed by atoms with E-state index in [0.717, 1.165) is 11.4 Å². The highest BCUT2D eigenvalue weighted by atomic mass is 32.2. The lowest BCUT2D eigenvalue weighted by Crippen LogP contribution is -2.33. The fourth-order valence-corrected chi connectivity index (χ4v) is 2.61. The summed E-state index contributed by atoms with van der Waals surface area (Å²) in [4.78, 5) is -0.706. The normalized spacial score (nSPS) is 13.9. The number of rotatable bonds is 4. The van der Waals surface area contributed by atoms with Crippen LogP contribution in [0.5, 0.6) is 0 Å². The average molecular weight is 283 g/mol. The zero-order chi connectivity index (χ0) is 14.1. The van der Waals surface area contributed by atoms with Gasteiger partial charge in [-0.3, -0.25) is 0 Å². The van der Waals surface area contributed by atoms with Crippen LogP contribution in [0.2, 0.25) is 0 Å². The first-order chi connectivity index (χ1) is 8.16. The number of aliphatic hydroxyl groups excluding tert-OH is 1. The summed E-state index contributed by atoms with van der Waals surface area (Å²) < 4.78 is 63.0. The second-order valence-electron chi connectivity index (χ2n) is 3.84. The molecule has 0 aliphatic carbocycles. The lowest BCUT2D eigenvalue weighted by Gasteiger charge is -2.18. The van der Waals surface area contributed by atoms with Crippen LogP contribution in [-0.2, 0) is 10.0 Å². The highest BCUT2D eigenvalue weighted by Gasteiger charge is 2.25. The molecule has 102 valence electrons. The summed E-state index contributed by atoms with van der Waals surface area (Å²) >= 11 is 0. The Kier molecular flexibility index (Phi) is 4.36. The minimum Gasteiger partial charge on any atom is -0.392 e. The van der Waals surface area contributed by atoms with Gasteiger partial charge in [-0.25, -0.2) is 21.6 Å². The van der Waals surface area contributed by atoms with Crippen LogP contribution in [-0.4, -0.2) is 37.5 Å². The predicted molar refractivity (Wildman–Crippen MR) is 57.8 cm³/mol. The molecule has 0 bridgehead atoms. The molecular formula is C10H12F3NO3S. The van der Waals surface area contributed by atoms with Crippen LogP contribution in [0.15, 0.2) is 17.0 Å². The molecule has 0 spiro atoms. The summed E-state index contributed by atoms with van der Waals surface area (Å²) in [5.41, 5.74) is 0. The summed E-state index contributed by atoms with van der Waals surface area (Å²) in [5.74, 6) is -4.90. The molecule has 1 N–H and O–H groups in total. The molecule has 1 unspecified atom stereocenters. The lowest BCUT2D eigenvalue weighted by atomic mass is 10.3. The van der Waals surface area contributed by atoms with Gasteiger partial charge in [0.25, 0.3) is 0 Å². The largest absolute Gasteiger partial charge is 0.392 e. The topological polar surface area (TPSA) is 57.6 Å². The highest BCUT2D eigenvalue weighted by Crippen LogP contribution is 2.20. The smallest absolute Gasteiger partial charge is 0.243 e. The minimum absolute atomic E-state index is 0.247. The first kappa shape index (κ1) is 14.9. The predicted octanol–water partition coefficient (Wildman–Crippen LogP) is 1.11. The van der Waals surface area contributed by atoms with Crippen molar-refractivity contribution in [3.8, 4) is 0 Å². The minimum atomic E-state index is -4.17. The summed E-state index contributed by atoms with van der Waals surface area (Å²) in [6, 6.07) is 0.790. The van der Waals surface area contributed by atoms with Gasteiger partial charge in [0.15, 0.2) is 17.5 Å². The molecule has 18 heavy (non-hydrogen) atoms. The molecular weight excluding hydrogens is 271 g/mol. The Labute approximate surface area is 103 Å². The summed E-state index contributed by atoms with van der Waals surface area (Å²) in [7, 11) is -3.03. The van der Waals surface area contributed by atoms with Crippen LogP contribution in [0.1, 0.15) is 6.92 Å². The molecule has 0 saturated heterocycles. The molecule has 0 fully saturated rings. The van der Waals surface area contributed by atoms with Crippen molar-refractivity contribution in [3.63, 3.8) is 0 Å². The molecule has 0 aliphatic heterocycles. The lowest BCUT2D eigenvalue weighted by molar-refractivity contribution is 0.171. The van der Waals surface area contributed by atoms with Crippen LogP contribution >= 0.6 is 0 Å². The van der Waals surface area contributed by atoms with E-state index in [0.29, 0.717) is 12.1 Å². The maximum absolute atomic E-state index is 12.9. The van der Waals surface area contributed by atoms with Crippen LogP contribution in [0.4, 0.5) is 13.2 Å². The van der Waals surface area contributed by atoms with E-state index >= 15 is 0 Å². The van der Waals surface area contributed by atoms with Crippen molar-refractivity contribution in [1.29, 1.82) is 0 Å². The van der Waals surface area contributed by atoms with Crippen LogP contribution < -0.4 is 0 Å². The van der Waals surface area contributed by atoms with Crippen molar-refractivity contribution in [3.05, 3.63) is 29.6 Å². The van der Waals surface area contributed by atoms with Gasteiger partial charge in [-0.1, -0.05) is 0 Å². The van der Waals surface area contributed by atoms with E-state index in [4.69, 9.17) is 5.11 Å². The van der Waals surface area contributed by atoms with E-state index in [1.54, 1.807) is 0 Å². The molecule has 1 atom stereocenters. The van der Waals surface area contributed by atoms with E-state index in [1.165, 1.54) is 6.92 Å². The third kappa shape index (κ3) is 3.01. The Balaban J connectivity index is 3.21. The molecule has 0 heterocycles. The van der Waals surface area contributed by atoms with Gasteiger partial charge in [-0.05, 0) is 19.1 Å². The number of halogens is 3. The Morgan fingerprint density at radius 3 is 2.11 bits per heavy atom. The number of nitrogens with zero attached hydrogens (tertiary/aromatic N) is 1. The summed E-state index contributed by atoms with van der Waals surface area (Å²) in [5, 5.41) is 9.07. The molecule has 0 saturated carbocycles. The molecule has 0 aromatic heterocycles. The number of sulfonamides is 1. The number of benzene rings is 1. The molecule has 4 nitrogen and oxygen atoms in total. The fourth-order valence-electron chi connectivity index (χ4n) is 1.33. The van der Waals surface area contributed by atoms with E-state index in [1.807, 2.05) is 0 Å². The van der Waals surface area contributed by atoms with Gasteiger partial charge < -0.3 is 5.11 Å². The van der Waals surface area contributed by atoms with Crippen molar-refractivity contribution >= 4 is 10.0 Å². The van der Waals surface area contributed by atoms with Gasteiger partial charge >= 0.3 is 0 Å². The highest BCUT2D eigenvalue weighted by molar-refractivity contribution is 7.89. The van der Waals surface area contributed by atoms with Gasteiger partial charge in [0.2, 0.25) is 10.0 Å². The van der Waals surface area contributed by atoms with Crippen LogP contribution in [0, 0.1) is 17.5 Å². The van der Waals surface area contributed by atoms with E-state index < -0.39 is 38.5 Å². The van der Waals surface area contributed by atoms with Crippen LogP contribution in [0.3, 0.4) is 0 Å². The Bertz CT molecular complexity index is 522. The van der Waals surface area contributed by atoms with E-state index in [9.17, 15) is 21.6 Å². The average Bonchev–Trinajstić information content (AvgIpc) is 2.24. The molecule has 0 radical (unpaired) electrons. The quantitative estimate of drug-likeness (QED) is 0.842. The molecule has 8 heteroatoms. The second kappa shape index (κ2) is 5.25. The second-order valence-corrected chi connectivity index (χ2v) is 5.88. The molecule has 0 amide bonds. The van der Waals surface area contributed by atoms with Crippen molar-refractivity contribution in [2.45, 2.75) is 17.9 Å². The molecule has 1 aromatic rings. The number of aliphatic hydroxyl groups is 1. The van der Waals surface area contributed by atoms with Crippen molar-refractivity contribution in [1.82, 2.24) is 4.31 Å². The number of likely N-dealkylation sites (N-methyl/N-ethyl adjacent to an activating group) is 1. The Morgan fingerprint density at radius 2 is 1.72 bits per heavy atom. The number of hydrogen-bond donors (Lipinski definition) is 1. The summed E-state index contributed by atoms with van der Waals surface area (Å²) in [6.45, 7) is 1.11. The third-order valence-electron chi connectivity index (χ3n) is 2.19. The summed E-state index contributed by atoms with van der Waals surface area (Å²) in [6.07, 6.45) is -0.945. The van der Waals surface area contributed by atoms with Crippen LogP contribution in [0.25, 0.3) is 0 Å². The Morgan fingerprint density at radius 1 is 1.28 bits per heavy atom. The molecule has 1 rings (SSSR count). The monoisotopic (exact) mass is 283 g/mol. The van der Waals surface area contributed by atoms with Crippen molar-refractivity contribution in [2.75, 3.05) is 13.6 Å². The zero-order valence-corrected chi connectivity index (χ0v) is 10.5. The standard InChI is InChI=1S/C10H12F3NO3S/c1-6(15)5-14(2)18(16,17)7-3-8(11)10(13)9(12)4-7/h3-4,6,15H,5H2,1-2H3. The van der Waals surface area contributed by atoms with Gasteiger partial charge in [0, 0.05) is 13.6 Å². The van der Waals surface area contributed by atoms with Gasteiger partial charge in [0.1, 0.15) is 0 Å². The van der Waals surface area contributed by atoms with Crippen molar-refractivity contribution < 1.29 is 26.7 Å². The fraction of sp³-hybridized carbons (Fsp3) is 0.400. The van der Waals surface area contributed by atoms with Gasteiger partial charge in [-0.2, -0.15) is 4.31 Å². The van der Waals surface area contributed by atoms with Gasteiger partial charge in [0.05, 0.1) is 11.0 Å². The first-order valence-electron chi connectivity index (χ1n) is 4.95. The zero-order valence-electron chi connectivity index (χ0n) is 9.69. The SMILES string of the molecule is CC(O)CN(C)S(=O)(=O)c1cc(F)c(F)c(F)c1. The Hall–Kier alpha value is -1.12. The van der Waals surface area contributed by atoms with E-state index in [2.05, 4.69) is 0 Å². The van der Waals surface area contributed by atoms with Gasteiger partial charge in [-0.15, -0.1) is 0 Å². The van der Waals surface area contributed by atoms with E-state index in [-0.39, 0.29) is 6.54 Å². The third-order valence-corrected chi connectivity index (χ3v) is 3.99. The molecule has 1 aromatic carbocycles. The first-order valence-corrected chi connectivity index (χ1v) is 6.39. The number of hydrogen-bond acceptors (Lipinski definition) is 3. The maximum atomic E-state index is 12.9. The molecule has 0 aliphatic rings. The van der Waals surface area contributed by atoms with Crippen molar-refractivity contribution in [2.24, 2.45) is 0 Å². The maximum Gasteiger partial charge on any atom is 0.243 e.